The molecule has 1 rings (SSSR count). The highest BCUT2D eigenvalue weighted by molar-refractivity contribution is 5.02. The smallest absolute Gasteiger partial charge is 0.0269 e. The number of rotatable bonds is 4. The van der Waals surface area contributed by atoms with Crippen molar-refractivity contribution in [3.8, 4) is 0 Å². The molecule has 1 aliphatic rings. The fourth-order valence-electron chi connectivity index (χ4n) is 2.05. The van der Waals surface area contributed by atoms with Crippen LogP contribution in [0.2, 0.25) is 0 Å². The molecule has 0 aromatic rings. The van der Waals surface area contributed by atoms with Crippen molar-refractivity contribution in [2.24, 2.45) is 23.1 Å². The van der Waals surface area contributed by atoms with Crippen molar-refractivity contribution in [1.82, 2.24) is 5.43 Å². The van der Waals surface area contributed by atoms with Crippen molar-refractivity contribution in [2.75, 3.05) is 0 Å². The van der Waals surface area contributed by atoms with Gasteiger partial charge in [-0.05, 0) is 23.7 Å². The van der Waals surface area contributed by atoms with Gasteiger partial charge < -0.3 is 0 Å². The number of nitrogens with two attached hydrogens (primary N) is 1. The fourth-order valence-corrected chi connectivity index (χ4v) is 2.05. The molecule has 3 atom stereocenters. The van der Waals surface area contributed by atoms with Crippen molar-refractivity contribution >= 4 is 0 Å². The van der Waals surface area contributed by atoms with E-state index in [0.29, 0.717) is 17.4 Å². The van der Waals surface area contributed by atoms with E-state index in [9.17, 15) is 0 Å². The normalized spacial score (nSPS) is 31.2. The number of hydrogen-bond acceptors (Lipinski definition) is 2. The lowest BCUT2D eigenvalue weighted by atomic mass is 9.92. The van der Waals surface area contributed by atoms with Crippen LogP contribution in [-0.4, -0.2) is 6.04 Å². The summed E-state index contributed by atoms with van der Waals surface area (Å²) in [5.74, 6) is 7.05. The van der Waals surface area contributed by atoms with Gasteiger partial charge in [0.2, 0.25) is 0 Å². The number of hydrogen-bond donors (Lipinski definition) is 2. The molecule has 0 bridgehead atoms. The van der Waals surface area contributed by atoms with Gasteiger partial charge in [-0.15, -0.1) is 0 Å². The van der Waals surface area contributed by atoms with Crippen LogP contribution >= 0.6 is 0 Å². The minimum atomic E-state index is 0.519. The van der Waals surface area contributed by atoms with E-state index in [1.54, 1.807) is 0 Å². The molecular weight excluding hydrogens is 148 g/mol. The van der Waals surface area contributed by atoms with Crippen molar-refractivity contribution < 1.29 is 0 Å². The van der Waals surface area contributed by atoms with Crippen LogP contribution in [0.5, 0.6) is 0 Å². The van der Waals surface area contributed by atoms with Gasteiger partial charge in [-0.3, -0.25) is 11.3 Å². The van der Waals surface area contributed by atoms with Crippen molar-refractivity contribution in [3.63, 3.8) is 0 Å². The maximum atomic E-state index is 5.56. The second kappa shape index (κ2) is 3.35. The van der Waals surface area contributed by atoms with E-state index in [1.807, 2.05) is 0 Å². The van der Waals surface area contributed by atoms with Crippen molar-refractivity contribution in [3.05, 3.63) is 0 Å². The summed E-state index contributed by atoms with van der Waals surface area (Å²) >= 11 is 0. The summed E-state index contributed by atoms with van der Waals surface area (Å²) in [7, 11) is 0. The van der Waals surface area contributed by atoms with Gasteiger partial charge in [-0.1, -0.05) is 34.1 Å². The van der Waals surface area contributed by atoms with E-state index < -0.39 is 0 Å². The van der Waals surface area contributed by atoms with E-state index in [2.05, 4.69) is 33.1 Å². The van der Waals surface area contributed by atoms with E-state index in [0.717, 1.165) is 5.92 Å². The summed E-state index contributed by atoms with van der Waals surface area (Å²) in [6.45, 7) is 9.15. The third kappa shape index (κ3) is 1.80. The molecule has 1 saturated carbocycles. The molecule has 0 aromatic heterocycles. The van der Waals surface area contributed by atoms with E-state index in [4.69, 9.17) is 5.84 Å². The summed E-state index contributed by atoms with van der Waals surface area (Å²) in [5.41, 5.74) is 3.50. The van der Waals surface area contributed by atoms with Gasteiger partial charge in [0.15, 0.2) is 0 Å². The van der Waals surface area contributed by atoms with Crippen molar-refractivity contribution in [1.29, 1.82) is 0 Å². The van der Waals surface area contributed by atoms with Crippen LogP contribution in [0.15, 0.2) is 0 Å². The maximum Gasteiger partial charge on any atom is 0.0269 e. The van der Waals surface area contributed by atoms with Gasteiger partial charge in [0.25, 0.3) is 0 Å². The lowest BCUT2D eigenvalue weighted by Crippen LogP contribution is -2.42. The molecule has 72 valence electrons. The van der Waals surface area contributed by atoms with Crippen LogP contribution in [-0.2, 0) is 0 Å². The molecule has 0 heterocycles. The first-order valence-corrected chi connectivity index (χ1v) is 4.99. The molecule has 1 aliphatic carbocycles. The Balaban J connectivity index is 2.48. The third-order valence-electron chi connectivity index (χ3n) is 3.47. The Morgan fingerprint density at radius 2 is 2.08 bits per heavy atom. The van der Waals surface area contributed by atoms with Gasteiger partial charge in [0.05, 0.1) is 0 Å². The highest BCUT2D eigenvalue weighted by atomic mass is 15.2. The predicted molar refractivity (Wildman–Crippen MR) is 52.5 cm³/mol. The van der Waals surface area contributed by atoms with E-state index in [-0.39, 0.29) is 0 Å². The summed E-state index contributed by atoms with van der Waals surface area (Å²) in [5, 5.41) is 0. The first-order valence-electron chi connectivity index (χ1n) is 4.99. The first-order chi connectivity index (χ1) is 5.53. The second-order valence-electron chi connectivity index (χ2n) is 4.88. The zero-order valence-electron chi connectivity index (χ0n) is 8.72. The zero-order valence-corrected chi connectivity index (χ0v) is 8.72. The topological polar surface area (TPSA) is 38.0 Å². The maximum absolute atomic E-state index is 5.56. The fraction of sp³-hybridized carbons (Fsp3) is 1.00. The molecule has 2 heteroatoms. The van der Waals surface area contributed by atoms with Crippen LogP contribution in [0.25, 0.3) is 0 Å². The quantitative estimate of drug-likeness (QED) is 0.499. The molecule has 0 aliphatic heterocycles. The van der Waals surface area contributed by atoms with Gasteiger partial charge in [-0.25, -0.2) is 0 Å². The summed E-state index contributed by atoms with van der Waals surface area (Å²) in [6.07, 6.45) is 2.54. The molecule has 12 heavy (non-hydrogen) atoms. The predicted octanol–water partition coefficient (Wildman–Crippen LogP) is 1.91. The molecule has 0 aromatic carbocycles. The molecule has 0 saturated heterocycles. The minimum absolute atomic E-state index is 0.519. The van der Waals surface area contributed by atoms with Crippen LogP contribution in [0, 0.1) is 17.3 Å². The SMILES string of the molecule is CCC(C)C(NN)C1CC1(C)C. The number of hydrazine groups is 1. The monoisotopic (exact) mass is 170 g/mol. The third-order valence-corrected chi connectivity index (χ3v) is 3.47. The van der Waals surface area contributed by atoms with Crippen LogP contribution in [0.4, 0.5) is 0 Å². The Kier molecular flexibility index (Phi) is 2.79. The molecule has 3 unspecified atom stereocenters. The van der Waals surface area contributed by atoms with Gasteiger partial charge in [-0.2, -0.15) is 0 Å². The molecule has 1 fully saturated rings. The van der Waals surface area contributed by atoms with E-state index >= 15 is 0 Å². The summed E-state index contributed by atoms with van der Waals surface area (Å²) in [6, 6.07) is 0.519. The van der Waals surface area contributed by atoms with E-state index in [1.165, 1.54) is 12.8 Å². The van der Waals surface area contributed by atoms with Crippen LogP contribution < -0.4 is 11.3 Å². The molecule has 0 amide bonds. The van der Waals surface area contributed by atoms with Gasteiger partial charge in [0.1, 0.15) is 0 Å². The van der Waals surface area contributed by atoms with Gasteiger partial charge in [0, 0.05) is 6.04 Å². The lowest BCUT2D eigenvalue weighted by molar-refractivity contribution is 0.306. The highest BCUT2D eigenvalue weighted by Gasteiger charge is 2.50. The standard InChI is InChI=1S/C10H22N2/c1-5-7(2)9(12-11)8-6-10(8,3)4/h7-9,12H,5-6,11H2,1-4H3. The Morgan fingerprint density at radius 1 is 1.58 bits per heavy atom. The number of nitrogens with one attached hydrogen (secondary N) is 1. The van der Waals surface area contributed by atoms with Gasteiger partial charge >= 0.3 is 0 Å². The highest BCUT2D eigenvalue weighted by Crippen LogP contribution is 2.54. The average Bonchev–Trinajstić information content (AvgIpc) is 2.61. The van der Waals surface area contributed by atoms with Crippen molar-refractivity contribution in [2.45, 2.75) is 46.6 Å². The Bertz CT molecular complexity index is 154. The Morgan fingerprint density at radius 3 is 2.33 bits per heavy atom. The molecule has 2 nitrogen and oxygen atoms in total. The Hall–Kier alpha value is -0.0800. The molecule has 0 radical (unpaired) electrons. The molecule has 0 spiro atoms. The van der Waals surface area contributed by atoms with Crippen LogP contribution in [0.3, 0.4) is 0 Å². The Labute approximate surface area is 75.9 Å². The van der Waals surface area contributed by atoms with Crippen LogP contribution in [0.1, 0.15) is 40.5 Å². The second-order valence-corrected chi connectivity index (χ2v) is 4.88. The largest absolute Gasteiger partial charge is 0.271 e. The summed E-state index contributed by atoms with van der Waals surface area (Å²) < 4.78 is 0. The summed E-state index contributed by atoms with van der Waals surface area (Å²) in [4.78, 5) is 0. The minimum Gasteiger partial charge on any atom is -0.271 e. The lowest BCUT2D eigenvalue weighted by Gasteiger charge is -2.23. The molecular formula is C10H22N2. The first kappa shape index (κ1) is 10.0. The average molecular weight is 170 g/mol. The molecule has 3 N–H and O–H groups in total. The zero-order chi connectivity index (χ0) is 9.35.